The third-order valence-electron chi connectivity index (χ3n) is 7.84. The molecule has 2 aliphatic carbocycles. The molecule has 1 aliphatic heterocycles. The molecule has 1 fully saturated rings. The van der Waals surface area contributed by atoms with E-state index in [9.17, 15) is 14.4 Å². The van der Waals surface area contributed by atoms with E-state index in [4.69, 9.17) is 31.5 Å². The average Bonchev–Trinajstić information content (AvgIpc) is 3.52. The normalized spacial score (nSPS) is 24.1. The maximum atomic E-state index is 13.3. The first kappa shape index (κ1) is 29.4. The number of nitrogens with zero attached hydrogens (tertiary/aromatic N) is 3. The lowest BCUT2D eigenvalue weighted by molar-refractivity contribution is -0.129. The highest BCUT2D eigenvalue weighted by atomic mass is 35.5. The Hall–Kier alpha value is -4.10. The van der Waals surface area contributed by atoms with Crippen molar-refractivity contribution in [3.8, 4) is 5.75 Å². The third-order valence-corrected chi connectivity index (χ3v) is 8.11. The number of ether oxygens (including phenoxy) is 3. The van der Waals surface area contributed by atoms with Crippen molar-refractivity contribution in [3.05, 3.63) is 41.1 Å². The highest BCUT2D eigenvalue weighted by Gasteiger charge is 2.47. The summed E-state index contributed by atoms with van der Waals surface area (Å²) in [6.07, 6.45) is 6.05. The van der Waals surface area contributed by atoms with Crippen LogP contribution in [0.25, 0.3) is 0 Å². The molecule has 13 nitrogen and oxygen atoms in total. The lowest BCUT2D eigenvalue weighted by atomic mass is 9.98. The summed E-state index contributed by atoms with van der Waals surface area (Å²) < 4.78 is 16.1. The number of likely N-dealkylation sites (N-methyl/N-ethyl adjacent to an activating group) is 1. The minimum Gasteiger partial charge on any atom is -0.494 e. The number of fused-ring (bicyclic) bond motifs is 3. The Balaban J connectivity index is 1.39. The summed E-state index contributed by atoms with van der Waals surface area (Å²) >= 11 is 6.45. The van der Waals surface area contributed by atoms with Crippen LogP contribution in [-0.4, -0.2) is 73.4 Å². The fourth-order valence-electron chi connectivity index (χ4n) is 6.06. The zero-order valence-electron chi connectivity index (χ0n) is 23.6. The first-order valence-electron chi connectivity index (χ1n) is 13.7. The number of rotatable bonds is 10. The van der Waals surface area contributed by atoms with Crippen molar-refractivity contribution in [2.75, 3.05) is 42.9 Å². The molecule has 3 aliphatic rings. The van der Waals surface area contributed by atoms with E-state index in [0.29, 0.717) is 47.4 Å². The third kappa shape index (κ3) is 5.79. The van der Waals surface area contributed by atoms with Crippen molar-refractivity contribution >= 4 is 52.6 Å². The van der Waals surface area contributed by atoms with E-state index in [1.54, 1.807) is 18.1 Å². The quantitative estimate of drug-likeness (QED) is 0.298. The number of hydrogen-bond acceptors (Lipinski definition) is 10. The van der Waals surface area contributed by atoms with E-state index in [-0.39, 0.29) is 42.2 Å². The Bertz CT molecular complexity index is 1410. The SMILES string of the molecule is CCN1C(=O)[C@H](NC(=O)COC)CCc2c1ccc(Nc1ncc(Cl)c(N[C@H]3[C@@H](OC(N)=O)[C@@H]4C=C[C@H]3C4)n1)c2OC. The number of halogens is 1. The Morgan fingerprint density at radius 1 is 1.21 bits per heavy atom. The molecule has 5 N–H and O–H groups in total. The van der Waals surface area contributed by atoms with Crippen LogP contribution in [0.15, 0.2) is 30.5 Å². The second-order valence-corrected chi connectivity index (χ2v) is 10.8. The Morgan fingerprint density at radius 2 is 2.00 bits per heavy atom. The summed E-state index contributed by atoms with van der Waals surface area (Å²) in [7, 11) is 2.98. The maximum Gasteiger partial charge on any atom is 0.404 e. The number of nitrogens with one attached hydrogen (secondary N) is 3. The molecule has 1 aromatic carbocycles. The van der Waals surface area contributed by atoms with Crippen molar-refractivity contribution in [3.63, 3.8) is 0 Å². The molecule has 0 unspecified atom stereocenters. The number of anilines is 4. The van der Waals surface area contributed by atoms with Gasteiger partial charge in [0.1, 0.15) is 29.5 Å². The summed E-state index contributed by atoms with van der Waals surface area (Å²) in [5.74, 6) is 0.823. The topological polar surface area (TPSA) is 170 Å². The molecular weight excluding hydrogens is 566 g/mol. The van der Waals surface area contributed by atoms with Gasteiger partial charge in [0.05, 0.1) is 30.7 Å². The van der Waals surface area contributed by atoms with Gasteiger partial charge in [0, 0.05) is 31.1 Å². The molecule has 2 heterocycles. The highest BCUT2D eigenvalue weighted by molar-refractivity contribution is 6.32. The fraction of sp³-hybridized carbons (Fsp3) is 0.464. The highest BCUT2D eigenvalue weighted by Crippen LogP contribution is 2.43. The largest absolute Gasteiger partial charge is 0.494 e. The van der Waals surface area contributed by atoms with Crippen molar-refractivity contribution in [2.24, 2.45) is 17.6 Å². The molecule has 2 bridgehead atoms. The summed E-state index contributed by atoms with van der Waals surface area (Å²) in [5.41, 5.74) is 7.43. The number of carbonyl (C=O) groups is 3. The number of aromatic nitrogens is 2. The van der Waals surface area contributed by atoms with Crippen LogP contribution in [-0.2, 0) is 25.5 Å². The first-order chi connectivity index (χ1) is 20.2. The van der Waals surface area contributed by atoms with Gasteiger partial charge in [-0.1, -0.05) is 23.8 Å². The van der Waals surface area contributed by atoms with Crippen LogP contribution in [0.4, 0.5) is 27.9 Å². The summed E-state index contributed by atoms with van der Waals surface area (Å²) in [6.45, 7) is 2.16. The number of amides is 3. The van der Waals surface area contributed by atoms with Crippen molar-refractivity contribution < 1.29 is 28.6 Å². The molecule has 0 radical (unpaired) electrons. The van der Waals surface area contributed by atoms with Gasteiger partial charge in [0.2, 0.25) is 17.8 Å². The zero-order chi connectivity index (χ0) is 30.0. The Kier molecular flexibility index (Phi) is 8.69. The van der Waals surface area contributed by atoms with Gasteiger partial charge >= 0.3 is 6.09 Å². The molecule has 1 aromatic heterocycles. The molecule has 2 aromatic rings. The average molecular weight is 600 g/mol. The van der Waals surface area contributed by atoms with Crippen LogP contribution < -0.4 is 31.3 Å². The van der Waals surface area contributed by atoms with Gasteiger partial charge in [-0.2, -0.15) is 4.98 Å². The predicted octanol–water partition coefficient (Wildman–Crippen LogP) is 2.76. The van der Waals surface area contributed by atoms with Gasteiger partial charge < -0.3 is 40.8 Å². The van der Waals surface area contributed by atoms with Crippen molar-refractivity contribution in [1.82, 2.24) is 15.3 Å². The van der Waals surface area contributed by atoms with Gasteiger partial charge in [0.15, 0.2) is 5.82 Å². The molecule has 224 valence electrons. The molecule has 0 saturated heterocycles. The lowest BCUT2D eigenvalue weighted by Crippen LogP contribution is -2.48. The zero-order valence-corrected chi connectivity index (χ0v) is 24.3. The minimum absolute atomic E-state index is 0.0736. The van der Waals surface area contributed by atoms with Gasteiger partial charge in [-0.15, -0.1) is 0 Å². The van der Waals surface area contributed by atoms with Crippen LogP contribution in [0.5, 0.6) is 5.75 Å². The van der Waals surface area contributed by atoms with Crippen molar-refractivity contribution in [1.29, 1.82) is 0 Å². The summed E-state index contributed by atoms with van der Waals surface area (Å²) in [5, 5.41) is 9.62. The number of nitrogens with two attached hydrogens (primary N) is 1. The van der Waals surface area contributed by atoms with E-state index >= 15 is 0 Å². The van der Waals surface area contributed by atoms with E-state index in [2.05, 4.69) is 32.0 Å². The molecule has 0 spiro atoms. The predicted molar refractivity (Wildman–Crippen MR) is 156 cm³/mol. The monoisotopic (exact) mass is 599 g/mol. The van der Waals surface area contributed by atoms with E-state index < -0.39 is 18.2 Å². The van der Waals surface area contributed by atoms with Crippen LogP contribution in [0, 0.1) is 11.8 Å². The summed E-state index contributed by atoms with van der Waals surface area (Å²) in [6, 6.07) is 2.69. The number of primary amides is 1. The molecular formula is C28H34ClN7O6. The van der Waals surface area contributed by atoms with Gasteiger partial charge in [-0.25, -0.2) is 9.78 Å². The second-order valence-electron chi connectivity index (χ2n) is 10.4. The second kappa shape index (κ2) is 12.4. The van der Waals surface area contributed by atoms with Gasteiger partial charge in [-0.05, 0) is 38.3 Å². The first-order valence-corrected chi connectivity index (χ1v) is 14.1. The Morgan fingerprint density at radius 3 is 2.71 bits per heavy atom. The number of carbonyl (C=O) groups excluding carboxylic acids is 3. The molecule has 42 heavy (non-hydrogen) atoms. The van der Waals surface area contributed by atoms with Gasteiger partial charge in [0.25, 0.3) is 0 Å². The maximum absolute atomic E-state index is 13.3. The molecule has 5 atom stereocenters. The fourth-order valence-corrected chi connectivity index (χ4v) is 6.20. The molecule has 3 amide bonds. The minimum atomic E-state index is -0.828. The van der Waals surface area contributed by atoms with Crippen LogP contribution >= 0.6 is 11.6 Å². The standard InChI is InChI=1S/C28H34ClN7O6/c1-4-36-20-10-9-18(24(41-3)16(20)7-8-19(26(36)38)32-21(37)13-40-2)33-28-31-12-17(29)25(35-28)34-22-14-5-6-15(11-14)23(22)42-27(30)39/h5-6,9-10,12,14-15,19,22-23H,4,7-8,11,13H2,1-3H3,(H2,30,39)(H,32,37)(H2,31,33,34,35)/t14-,15+,19+,22+,23-/m0/s1. The van der Waals surface area contributed by atoms with Crippen LogP contribution in [0.2, 0.25) is 5.02 Å². The number of benzene rings is 1. The lowest BCUT2D eigenvalue weighted by Gasteiger charge is -2.28. The smallest absolute Gasteiger partial charge is 0.404 e. The van der Waals surface area contributed by atoms with E-state index in [1.807, 2.05) is 19.1 Å². The molecule has 1 saturated carbocycles. The van der Waals surface area contributed by atoms with E-state index in [0.717, 1.165) is 12.0 Å². The van der Waals surface area contributed by atoms with Crippen molar-refractivity contribution in [2.45, 2.75) is 44.4 Å². The number of hydrogen-bond donors (Lipinski definition) is 4. The summed E-state index contributed by atoms with van der Waals surface area (Å²) in [4.78, 5) is 47.6. The number of methoxy groups -OCH3 is 2. The Labute approximate surface area is 248 Å². The van der Waals surface area contributed by atoms with Crippen LogP contribution in [0.3, 0.4) is 0 Å². The molecule has 14 heteroatoms. The van der Waals surface area contributed by atoms with Crippen LogP contribution in [0.1, 0.15) is 25.3 Å². The van der Waals surface area contributed by atoms with Gasteiger partial charge in [-0.3, -0.25) is 9.59 Å². The molecule has 5 rings (SSSR count). The van der Waals surface area contributed by atoms with E-state index in [1.165, 1.54) is 13.3 Å².